The number of anilines is 1. The Labute approximate surface area is 156 Å². The van der Waals surface area contributed by atoms with Gasteiger partial charge in [-0.15, -0.1) is 0 Å². The number of hydrogen-bond donors (Lipinski definition) is 2. The Morgan fingerprint density at radius 2 is 1.62 bits per heavy atom. The van der Waals surface area contributed by atoms with Gasteiger partial charge >= 0.3 is 0 Å². The van der Waals surface area contributed by atoms with Crippen molar-refractivity contribution in [3.8, 4) is 0 Å². The zero-order valence-corrected chi connectivity index (χ0v) is 16.2. The summed E-state index contributed by atoms with van der Waals surface area (Å²) >= 11 is 0. The van der Waals surface area contributed by atoms with E-state index in [1.807, 2.05) is 63.2 Å². The highest BCUT2D eigenvalue weighted by Gasteiger charge is 2.25. The Morgan fingerprint density at radius 3 is 2.23 bits per heavy atom. The number of nitrogens with one attached hydrogen (secondary N) is 2. The van der Waals surface area contributed by atoms with Crippen molar-refractivity contribution >= 4 is 17.5 Å². The molecule has 2 aromatic rings. The van der Waals surface area contributed by atoms with E-state index in [0.717, 1.165) is 16.8 Å². The molecule has 0 radical (unpaired) electrons. The number of amides is 2. The van der Waals surface area contributed by atoms with Crippen LogP contribution in [0, 0.1) is 12.8 Å². The van der Waals surface area contributed by atoms with Crippen LogP contribution in [0.4, 0.5) is 5.69 Å². The summed E-state index contributed by atoms with van der Waals surface area (Å²) in [4.78, 5) is 25.4. The zero-order chi connectivity index (χ0) is 19.3. The molecule has 0 aliphatic carbocycles. The van der Waals surface area contributed by atoms with Crippen molar-refractivity contribution in [2.24, 2.45) is 5.92 Å². The molecular formula is C22H28N2O2. The maximum absolute atomic E-state index is 12.8. The Hall–Kier alpha value is -2.62. The van der Waals surface area contributed by atoms with Crippen molar-refractivity contribution in [3.05, 3.63) is 65.2 Å². The van der Waals surface area contributed by atoms with Gasteiger partial charge in [0.2, 0.25) is 5.91 Å². The number of carbonyl (C=O) groups is 2. The minimum absolute atomic E-state index is 0.0313. The van der Waals surface area contributed by atoms with E-state index in [1.54, 1.807) is 6.07 Å². The van der Waals surface area contributed by atoms with Crippen LogP contribution in [0.5, 0.6) is 0 Å². The first-order valence-corrected chi connectivity index (χ1v) is 9.07. The van der Waals surface area contributed by atoms with Crippen LogP contribution in [0.25, 0.3) is 0 Å². The molecule has 2 amide bonds. The summed E-state index contributed by atoms with van der Waals surface area (Å²) in [6.45, 7) is 9.96. The quantitative estimate of drug-likeness (QED) is 0.803. The summed E-state index contributed by atoms with van der Waals surface area (Å²) in [6, 6.07) is 14.6. The first kappa shape index (κ1) is 19.7. The summed E-state index contributed by atoms with van der Waals surface area (Å²) < 4.78 is 0. The minimum Gasteiger partial charge on any atom is -0.340 e. The van der Waals surface area contributed by atoms with Gasteiger partial charge in [0.05, 0.1) is 0 Å². The zero-order valence-electron chi connectivity index (χ0n) is 16.2. The van der Waals surface area contributed by atoms with Gasteiger partial charge in [-0.2, -0.15) is 0 Å². The number of rotatable bonds is 6. The van der Waals surface area contributed by atoms with Crippen LogP contribution < -0.4 is 10.6 Å². The molecule has 0 aromatic heterocycles. The Kier molecular flexibility index (Phi) is 6.56. The number of benzene rings is 2. The molecule has 0 aliphatic rings. The van der Waals surface area contributed by atoms with Crippen molar-refractivity contribution in [1.29, 1.82) is 0 Å². The smallest absolute Gasteiger partial charge is 0.252 e. The summed E-state index contributed by atoms with van der Waals surface area (Å²) in [5, 5.41) is 5.82. The first-order valence-electron chi connectivity index (χ1n) is 9.07. The van der Waals surface area contributed by atoms with Gasteiger partial charge in [-0.05, 0) is 48.1 Å². The third-order valence-corrected chi connectivity index (χ3v) is 4.45. The maximum Gasteiger partial charge on any atom is 0.252 e. The maximum atomic E-state index is 12.8. The fourth-order valence-electron chi connectivity index (χ4n) is 2.78. The molecule has 138 valence electrons. The van der Waals surface area contributed by atoms with Gasteiger partial charge in [-0.1, -0.05) is 58.0 Å². The largest absolute Gasteiger partial charge is 0.340 e. The van der Waals surface area contributed by atoms with Crippen LogP contribution in [0.15, 0.2) is 48.5 Å². The van der Waals surface area contributed by atoms with E-state index >= 15 is 0 Å². The van der Waals surface area contributed by atoms with E-state index in [1.165, 1.54) is 0 Å². The molecule has 4 nitrogen and oxygen atoms in total. The third kappa shape index (κ3) is 4.94. The summed E-state index contributed by atoms with van der Waals surface area (Å²) in [6.07, 6.45) is 0. The van der Waals surface area contributed by atoms with Crippen molar-refractivity contribution in [2.45, 2.75) is 46.6 Å². The lowest BCUT2D eigenvalue weighted by Crippen LogP contribution is -2.47. The molecule has 0 fully saturated rings. The van der Waals surface area contributed by atoms with Crippen LogP contribution >= 0.6 is 0 Å². The first-order chi connectivity index (χ1) is 12.3. The molecule has 0 saturated heterocycles. The van der Waals surface area contributed by atoms with E-state index in [2.05, 4.69) is 24.5 Å². The van der Waals surface area contributed by atoms with Crippen molar-refractivity contribution in [3.63, 3.8) is 0 Å². The standard InChI is InChI=1S/C22H28N2O2/c1-14(2)17-10-8-11-18(13-17)23-22(26)20(15(3)4)24-21(25)19-12-7-6-9-16(19)5/h6-15,20H,1-5H3,(H,23,26)(H,24,25)/t20-/m0/s1. The van der Waals surface area contributed by atoms with Gasteiger partial charge in [0.15, 0.2) is 0 Å². The van der Waals surface area contributed by atoms with Gasteiger partial charge < -0.3 is 10.6 Å². The van der Waals surface area contributed by atoms with Crippen LogP contribution in [0.1, 0.15) is 55.1 Å². The highest BCUT2D eigenvalue weighted by Crippen LogP contribution is 2.19. The second-order valence-corrected chi connectivity index (χ2v) is 7.28. The van der Waals surface area contributed by atoms with Gasteiger partial charge in [0, 0.05) is 11.3 Å². The molecule has 1 atom stereocenters. The molecule has 0 bridgehead atoms. The predicted octanol–water partition coefficient (Wildman–Crippen LogP) is 4.51. The topological polar surface area (TPSA) is 58.2 Å². The van der Waals surface area contributed by atoms with E-state index < -0.39 is 6.04 Å². The average molecular weight is 352 g/mol. The van der Waals surface area contributed by atoms with Gasteiger partial charge in [-0.25, -0.2) is 0 Å². The van der Waals surface area contributed by atoms with Crippen molar-refractivity contribution in [2.75, 3.05) is 5.32 Å². The van der Waals surface area contributed by atoms with Gasteiger partial charge in [0.1, 0.15) is 6.04 Å². The highest BCUT2D eigenvalue weighted by molar-refractivity contribution is 6.01. The second kappa shape index (κ2) is 8.65. The highest BCUT2D eigenvalue weighted by atomic mass is 16.2. The monoisotopic (exact) mass is 352 g/mol. The van der Waals surface area contributed by atoms with Crippen LogP contribution in [-0.4, -0.2) is 17.9 Å². The van der Waals surface area contributed by atoms with E-state index in [9.17, 15) is 9.59 Å². The van der Waals surface area contributed by atoms with Crippen LogP contribution in [0.3, 0.4) is 0 Å². The lowest BCUT2D eigenvalue weighted by Gasteiger charge is -2.22. The SMILES string of the molecule is Cc1ccccc1C(=O)N[C@H](C(=O)Nc1cccc(C(C)C)c1)C(C)C. The predicted molar refractivity (Wildman–Crippen MR) is 106 cm³/mol. The third-order valence-electron chi connectivity index (χ3n) is 4.45. The molecule has 2 rings (SSSR count). The van der Waals surface area contributed by atoms with E-state index in [4.69, 9.17) is 0 Å². The minimum atomic E-state index is -0.607. The lowest BCUT2D eigenvalue weighted by atomic mass is 10.0. The molecular weight excluding hydrogens is 324 g/mol. The van der Waals surface area contributed by atoms with Crippen LogP contribution in [0.2, 0.25) is 0 Å². The second-order valence-electron chi connectivity index (χ2n) is 7.28. The molecule has 2 aromatic carbocycles. The van der Waals surface area contributed by atoms with Crippen molar-refractivity contribution < 1.29 is 9.59 Å². The molecule has 0 heterocycles. The van der Waals surface area contributed by atoms with Crippen LogP contribution in [-0.2, 0) is 4.79 Å². The molecule has 0 unspecified atom stereocenters. The molecule has 0 aliphatic heterocycles. The number of aryl methyl sites for hydroxylation is 1. The van der Waals surface area contributed by atoms with Crippen molar-refractivity contribution in [1.82, 2.24) is 5.32 Å². The normalized spacial score (nSPS) is 12.1. The molecule has 0 spiro atoms. The van der Waals surface area contributed by atoms with E-state index in [-0.39, 0.29) is 17.7 Å². The Bertz CT molecular complexity index is 781. The molecule has 0 saturated carbocycles. The van der Waals surface area contributed by atoms with E-state index in [0.29, 0.717) is 11.5 Å². The molecule has 2 N–H and O–H groups in total. The fraction of sp³-hybridized carbons (Fsp3) is 0.364. The summed E-state index contributed by atoms with van der Waals surface area (Å²) in [7, 11) is 0. The molecule has 4 heteroatoms. The molecule has 26 heavy (non-hydrogen) atoms. The number of hydrogen-bond acceptors (Lipinski definition) is 2. The number of carbonyl (C=O) groups excluding carboxylic acids is 2. The fourth-order valence-corrected chi connectivity index (χ4v) is 2.78. The van der Waals surface area contributed by atoms with Gasteiger partial charge in [-0.3, -0.25) is 9.59 Å². The average Bonchev–Trinajstić information content (AvgIpc) is 2.59. The lowest BCUT2D eigenvalue weighted by molar-refractivity contribution is -0.118. The summed E-state index contributed by atoms with van der Waals surface area (Å²) in [5.74, 6) is -0.0829. The Balaban J connectivity index is 2.14. The Morgan fingerprint density at radius 1 is 0.923 bits per heavy atom. The summed E-state index contributed by atoms with van der Waals surface area (Å²) in [5.41, 5.74) is 3.38. The van der Waals surface area contributed by atoms with Gasteiger partial charge in [0.25, 0.3) is 5.91 Å².